The fourth-order valence-electron chi connectivity index (χ4n) is 7.24. The average Bonchev–Trinajstić information content (AvgIpc) is 2.80. The van der Waals surface area contributed by atoms with Crippen LogP contribution >= 0.6 is 0 Å². The first-order valence-corrected chi connectivity index (χ1v) is 12.4. The molecular weight excluding hydrogens is 454 g/mol. The Bertz CT molecular complexity index is 900. The minimum atomic E-state index is -1.41. The zero-order valence-electron chi connectivity index (χ0n) is 21.6. The van der Waals surface area contributed by atoms with E-state index in [-0.39, 0.29) is 24.4 Å². The van der Waals surface area contributed by atoms with Crippen molar-refractivity contribution in [2.75, 3.05) is 27.3 Å². The van der Waals surface area contributed by atoms with Gasteiger partial charge in [-0.05, 0) is 56.9 Å². The lowest BCUT2D eigenvalue weighted by atomic mass is 9.41. The highest BCUT2D eigenvalue weighted by molar-refractivity contribution is 5.94. The van der Waals surface area contributed by atoms with Gasteiger partial charge in [-0.1, -0.05) is 19.4 Å². The van der Waals surface area contributed by atoms with E-state index in [1.165, 1.54) is 20.1 Å². The van der Waals surface area contributed by atoms with Crippen molar-refractivity contribution in [2.45, 2.75) is 65.6 Å². The van der Waals surface area contributed by atoms with Gasteiger partial charge in [0.1, 0.15) is 24.2 Å². The highest BCUT2D eigenvalue weighted by atomic mass is 16.6. The number of ether oxygens (including phenoxy) is 3. The van der Waals surface area contributed by atoms with E-state index < -0.39 is 52.6 Å². The van der Waals surface area contributed by atoms with Crippen LogP contribution in [0.2, 0.25) is 0 Å². The van der Waals surface area contributed by atoms with E-state index in [2.05, 4.69) is 5.32 Å². The van der Waals surface area contributed by atoms with E-state index >= 15 is 0 Å². The Labute approximate surface area is 206 Å². The number of rotatable bonds is 6. The molecule has 0 amide bonds. The maximum absolute atomic E-state index is 13.8. The van der Waals surface area contributed by atoms with Crippen LogP contribution in [0.5, 0.6) is 0 Å². The molecule has 0 radical (unpaired) electrons. The third-order valence-corrected chi connectivity index (χ3v) is 8.86. The molecule has 196 valence electrons. The predicted molar refractivity (Wildman–Crippen MR) is 126 cm³/mol. The molecule has 0 aliphatic heterocycles. The van der Waals surface area contributed by atoms with Gasteiger partial charge >= 0.3 is 17.9 Å². The second-order valence-corrected chi connectivity index (χ2v) is 10.7. The summed E-state index contributed by atoms with van der Waals surface area (Å²) in [5.41, 5.74) is -1.15. The summed E-state index contributed by atoms with van der Waals surface area (Å²) in [5.74, 6) is -3.52. The van der Waals surface area contributed by atoms with Gasteiger partial charge in [0, 0.05) is 31.4 Å². The van der Waals surface area contributed by atoms with Crippen LogP contribution in [-0.2, 0) is 33.4 Å². The third-order valence-electron chi connectivity index (χ3n) is 8.86. The maximum Gasteiger partial charge on any atom is 0.330 e. The van der Waals surface area contributed by atoms with Crippen molar-refractivity contribution in [1.82, 2.24) is 5.32 Å². The summed E-state index contributed by atoms with van der Waals surface area (Å²) >= 11 is 0. The molecule has 0 saturated heterocycles. The first-order chi connectivity index (χ1) is 16.4. The van der Waals surface area contributed by atoms with E-state index in [0.717, 1.165) is 5.57 Å². The van der Waals surface area contributed by atoms with Gasteiger partial charge in [-0.2, -0.15) is 0 Å². The monoisotopic (exact) mass is 493 g/mol. The number of Topliss-reactive ketones (excluding diaryl/α,β-unsaturated/α-hetero) is 1. The molecule has 0 heterocycles. The number of hydrogen-bond donors (Lipinski definition) is 2. The van der Waals surface area contributed by atoms with Gasteiger partial charge in [-0.25, -0.2) is 4.79 Å². The molecule has 0 aromatic carbocycles. The molecule has 9 heteroatoms. The van der Waals surface area contributed by atoms with Crippen molar-refractivity contribution in [3.05, 3.63) is 11.6 Å². The number of hydrogen-bond acceptors (Lipinski definition) is 9. The molecule has 0 aromatic heterocycles. The highest BCUT2D eigenvalue weighted by Gasteiger charge is 2.69. The Kier molecular flexibility index (Phi) is 8.11. The van der Waals surface area contributed by atoms with Crippen LogP contribution in [0.15, 0.2) is 11.6 Å². The number of nitrogens with one attached hydrogen (secondary N) is 1. The molecule has 0 spiro atoms. The van der Waals surface area contributed by atoms with Crippen molar-refractivity contribution >= 4 is 23.7 Å². The second kappa shape index (κ2) is 10.4. The number of carbonyl (C=O) groups is 4. The van der Waals surface area contributed by atoms with Crippen LogP contribution in [0.1, 0.15) is 53.4 Å². The van der Waals surface area contributed by atoms with Crippen molar-refractivity contribution in [2.24, 2.45) is 34.5 Å². The molecular formula is C26H39NO8. The number of carbonyl (C=O) groups excluding carboxylic acids is 4. The summed E-state index contributed by atoms with van der Waals surface area (Å²) in [6.45, 7) is 7.66. The Morgan fingerprint density at radius 3 is 2.51 bits per heavy atom. The number of esters is 3. The minimum Gasteiger partial charge on any atom is -0.468 e. The Balaban J connectivity index is 1.97. The summed E-state index contributed by atoms with van der Waals surface area (Å²) in [6, 6.07) is 0. The van der Waals surface area contributed by atoms with Crippen molar-refractivity contribution < 1.29 is 38.5 Å². The van der Waals surface area contributed by atoms with Crippen LogP contribution in [0, 0.1) is 34.5 Å². The third kappa shape index (κ3) is 4.65. The molecule has 8 unspecified atom stereocenters. The van der Waals surface area contributed by atoms with Crippen LogP contribution in [0.25, 0.3) is 0 Å². The van der Waals surface area contributed by atoms with Gasteiger partial charge in [0.25, 0.3) is 0 Å². The number of ketones is 1. The smallest absolute Gasteiger partial charge is 0.330 e. The van der Waals surface area contributed by atoms with Crippen molar-refractivity contribution in [1.29, 1.82) is 0 Å². The summed E-state index contributed by atoms with van der Waals surface area (Å²) in [7, 11) is 3.03. The fraction of sp³-hybridized carbons (Fsp3) is 0.769. The highest BCUT2D eigenvalue weighted by Crippen LogP contribution is 2.64. The van der Waals surface area contributed by atoms with Crippen molar-refractivity contribution in [3.63, 3.8) is 0 Å². The first kappa shape index (κ1) is 27.3. The van der Waals surface area contributed by atoms with Gasteiger partial charge < -0.3 is 24.6 Å². The molecule has 9 nitrogen and oxygen atoms in total. The van der Waals surface area contributed by atoms with E-state index in [1.54, 1.807) is 14.0 Å². The van der Waals surface area contributed by atoms with Crippen LogP contribution in [0.3, 0.4) is 0 Å². The second-order valence-electron chi connectivity index (χ2n) is 10.7. The van der Waals surface area contributed by atoms with Gasteiger partial charge in [0.05, 0.1) is 7.11 Å². The van der Waals surface area contributed by atoms with Crippen LogP contribution in [0.4, 0.5) is 0 Å². The van der Waals surface area contributed by atoms with Gasteiger partial charge in [0.2, 0.25) is 0 Å². The van der Waals surface area contributed by atoms with Gasteiger partial charge in [-0.15, -0.1) is 0 Å². The molecule has 3 aliphatic carbocycles. The largest absolute Gasteiger partial charge is 0.468 e. The Morgan fingerprint density at radius 2 is 1.91 bits per heavy atom. The van der Waals surface area contributed by atoms with E-state index in [9.17, 15) is 24.3 Å². The van der Waals surface area contributed by atoms with Crippen molar-refractivity contribution in [3.8, 4) is 0 Å². The van der Waals surface area contributed by atoms with E-state index in [0.29, 0.717) is 32.2 Å². The molecule has 0 bridgehead atoms. The normalized spacial score (nSPS) is 39.9. The number of fused-ring (bicyclic) bond motifs is 3. The molecule has 35 heavy (non-hydrogen) atoms. The Morgan fingerprint density at radius 1 is 1.23 bits per heavy atom. The zero-order chi connectivity index (χ0) is 26.1. The zero-order valence-corrected chi connectivity index (χ0v) is 21.6. The quantitative estimate of drug-likeness (QED) is 0.246. The predicted octanol–water partition coefficient (Wildman–Crippen LogP) is 1.81. The summed E-state index contributed by atoms with van der Waals surface area (Å²) in [5, 5.41) is 14.2. The van der Waals surface area contributed by atoms with Gasteiger partial charge in [-0.3, -0.25) is 14.4 Å². The molecule has 0 aromatic rings. The summed E-state index contributed by atoms with van der Waals surface area (Å²) < 4.78 is 15.9. The summed E-state index contributed by atoms with van der Waals surface area (Å²) in [4.78, 5) is 51.1. The lowest BCUT2D eigenvalue weighted by Crippen LogP contribution is -2.68. The number of likely N-dealkylation sites (N-methyl/N-ethyl adjacent to an activating group) is 1. The molecule has 3 fully saturated rings. The number of aliphatic hydroxyl groups excluding tert-OH is 1. The lowest BCUT2D eigenvalue weighted by molar-refractivity contribution is -0.215. The fourth-order valence-corrected chi connectivity index (χ4v) is 7.24. The van der Waals surface area contributed by atoms with Crippen LogP contribution < -0.4 is 5.32 Å². The molecule has 3 rings (SSSR count). The maximum atomic E-state index is 13.8. The molecule has 2 N–H and O–H groups in total. The Hall–Kier alpha value is -2.26. The lowest BCUT2D eigenvalue weighted by Gasteiger charge is -2.62. The molecule has 3 aliphatic rings. The number of methoxy groups -OCH3 is 1. The minimum absolute atomic E-state index is 0.0603. The molecule has 8 atom stereocenters. The molecule has 3 saturated carbocycles. The first-order valence-electron chi connectivity index (χ1n) is 12.4. The van der Waals surface area contributed by atoms with E-state index in [4.69, 9.17) is 14.2 Å². The SMILES string of the molecule is CNCCOC(=O)/C=C1\CCC2C(C(O)C(=O)C3C2(C)CCC(OC(C)=O)C3(C)C(=O)OC)C1C. The number of allylic oxidation sites excluding steroid dienone is 1. The van der Waals surface area contributed by atoms with E-state index in [1.807, 2.05) is 13.8 Å². The van der Waals surface area contributed by atoms with Gasteiger partial charge in [0.15, 0.2) is 5.78 Å². The van der Waals surface area contributed by atoms with Crippen LogP contribution in [-0.4, -0.2) is 68.3 Å². The summed E-state index contributed by atoms with van der Waals surface area (Å²) in [6.07, 6.45) is 1.66. The standard InChI is InChI=1S/C26H39NO8/c1-14-16(13-19(29)34-12-11-27-5)7-8-17-20(14)21(30)22(31)23-25(17,3)10-9-18(35-15(2)28)26(23,4)24(32)33-6/h13-14,17-18,20-21,23,27,30H,7-12H2,1-6H3/b16-13+. The number of aliphatic hydroxyl groups is 1. The topological polar surface area (TPSA) is 128 Å². The average molecular weight is 494 g/mol.